The number of carbonyl (C=O) groups is 1. The lowest BCUT2D eigenvalue weighted by molar-refractivity contribution is 0.112. The molecule has 0 aliphatic rings. The molecule has 1 aromatic heterocycles. The zero-order chi connectivity index (χ0) is 17.4. The number of hydrogen-bond donors (Lipinski definition) is 0. The van der Waals surface area contributed by atoms with Gasteiger partial charge in [-0.05, 0) is 48.4 Å². The molecular formula is C19H14Cl2N2O. The topological polar surface area (TPSA) is 45.8 Å². The molecule has 5 heteroatoms. The molecule has 1 heterocycles. The lowest BCUT2D eigenvalue weighted by Crippen LogP contribution is -2.00. The Balaban J connectivity index is 2.16. The van der Waals surface area contributed by atoms with E-state index in [0.29, 0.717) is 27.6 Å². The first-order chi connectivity index (χ1) is 11.5. The fourth-order valence-electron chi connectivity index (χ4n) is 2.95. The number of aryl methyl sites for hydroxylation is 2. The molecule has 0 spiro atoms. The van der Waals surface area contributed by atoms with Crippen molar-refractivity contribution in [3.05, 3.63) is 68.3 Å². The van der Waals surface area contributed by atoms with Gasteiger partial charge in [0, 0.05) is 40.7 Å². The summed E-state index contributed by atoms with van der Waals surface area (Å²) < 4.78 is 2.03. The molecule has 0 unspecified atom stereocenters. The summed E-state index contributed by atoms with van der Waals surface area (Å²) in [6, 6.07) is 11.3. The van der Waals surface area contributed by atoms with Gasteiger partial charge in [-0.25, -0.2) is 0 Å². The van der Waals surface area contributed by atoms with Crippen LogP contribution in [0.2, 0.25) is 10.0 Å². The van der Waals surface area contributed by atoms with E-state index in [2.05, 4.69) is 12.1 Å². The van der Waals surface area contributed by atoms with Crippen LogP contribution < -0.4 is 0 Å². The fraction of sp³-hybridized carbons (Fsp3) is 0.158. The number of aldehydes is 1. The van der Waals surface area contributed by atoms with Crippen LogP contribution >= 0.6 is 23.2 Å². The van der Waals surface area contributed by atoms with Crippen molar-refractivity contribution in [2.24, 2.45) is 7.05 Å². The second-order valence-electron chi connectivity index (χ2n) is 5.76. The van der Waals surface area contributed by atoms with E-state index in [1.165, 1.54) is 0 Å². The molecule has 3 rings (SSSR count). The predicted octanol–water partition coefficient (Wildman–Crippen LogP) is 5.07. The second kappa shape index (κ2) is 6.32. The molecule has 0 N–H and O–H groups in total. The van der Waals surface area contributed by atoms with Crippen molar-refractivity contribution in [1.82, 2.24) is 4.57 Å². The Morgan fingerprint density at radius 1 is 1.25 bits per heavy atom. The van der Waals surface area contributed by atoms with Crippen molar-refractivity contribution in [3.8, 4) is 6.07 Å². The first-order valence-electron chi connectivity index (χ1n) is 7.37. The van der Waals surface area contributed by atoms with Crippen molar-refractivity contribution in [1.29, 1.82) is 5.26 Å². The van der Waals surface area contributed by atoms with Gasteiger partial charge >= 0.3 is 0 Å². The summed E-state index contributed by atoms with van der Waals surface area (Å²) in [7, 11) is 1.95. The molecule has 0 bridgehead atoms. The van der Waals surface area contributed by atoms with Gasteiger partial charge in [0.05, 0.1) is 16.7 Å². The summed E-state index contributed by atoms with van der Waals surface area (Å²) in [6.07, 6.45) is 1.23. The van der Waals surface area contributed by atoms with Crippen molar-refractivity contribution in [3.63, 3.8) is 0 Å². The van der Waals surface area contributed by atoms with E-state index < -0.39 is 0 Å². The Kier molecular flexibility index (Phi) is 4.36. The molecule has 0 atom stereocenters. The molecule has 24 heavy (non-hydrogen) atoms. The first kappa shape index (κ1) is 16.6. The largest absolute Gasteiger partial charge is 0.347 e. The average molecular weight is 357 g/mol. The maximum atomic E-state index is 11.1. The number of nitrogens with zero attached hydrogens (tertiary/aromatic N) is 2. The minimum absolute atomic E-state index is 0.386. The Hall–Kier alpha value is -2.28. The summed E-state index contributed by atoms with van der Waals surface area (Å²) in [5.41, 5.74) is 4.83. The molecule has 0 aliphatic heterocycles. The summed E-state index contributed by atoms with van der Waals surface area (Å²) >= 11 is 12.6. The number of nitriles is 1. The van der Waals surface area contributed by atoms with E-state index in [1.807, 2.05) is 30.7 Å². The number of aromatic nitrogens is 1. The van der Waals surface area contributed by atoms with Crippen LogP contribution in [0.15, 0.2) is 30.3 Å². The Labute approximate surface area is 150 Å². The van der Waals surface area contributed by atoms with Crippen molar-refractivity contribution >= 4 is 40.4 Å². The second-order valence-corrected chi connectivity index (χ2v) is 6.54. The van der Waals surface area contributed by atoms with E-state index in [9.17, 15) is 4.79 Å². The van der Waals surface area contributed by atoms with Crippen molar-refractivity contribution in [2.45, 2.75) is 13.3 Å². The average Bonchev–Trinajstić information content (AvgIpc) is 2.88. The molecule has 120 valence electrons. The highest BCUT2D eigenvalue weighted by Crippen LogP contribution is 2.32. The van der Waals surface area contributed by atoms with Crippen LogP contribution in [-0.2, 0) is 13.5 Å². The minimum atomic E-state index is 0.386. The molecule has 3 nitrogen and oxygen atoms in total. The van der Waals surface area contributed by atoms with E-state index in [0.717, 1.165) is 34.0 Å². The Bertz CT molecular complexity index is 1010. The van der Waals surface area contributed by atoms with E-state index in [4.69, 9.17) is 28.5 Å². The van der Waals surface area contributed by atoms with Crippen LogP contribution in [0.3, 0.4) is 0 Å². The number of fused-ring (bicyclic) bond motifs is 1. The monoisotopic (exact) mass is 356 g/mol. The third-order valence-electron chi connectivity index (χ3n) is 4.30. The van der Waals surface area contributed by atoms with Crippen LogP contribution in [0.4, 0.5) is 0 Å². The van der Waals surface area contributed by atoms with Gasteiger partial charge in [0.25, 0.3) is 0 Å². The van der Waals surface area contributed by atoms with Gasteiger partial charge < -0.3 is 4.57 Å². The van der Waals surface area contributed by atoms with Gasteiger partial charge in [0.1, 0.15) is 0 Å². The van der Waals surface area contributed by atoms with E-state index in [-0.39, 0.29) is 0 Å². The van der Waals surface area contributed by atoms with E-state index >= 15 is 0 Å². The molecule has 0 aliphatic carbocycles. The highest BCUT2D eigenvalue weighted by Gasteiger charge is 2.15. The SMILES string of the molecule is Cc1cc(C#N)cc2c1cc(Cc1c(Cl)ccc(C=O)c1Cl)n2C. The zero-order valence-electron chi connectivity index (χ0n) is 13.2. The highest BCUT2D eigenvalue weighted by molar-refractivity contribution is 6.37. The Morgan fingerprint density at radius 3 is 2.67 bits per heavy atom. The smallest absolute Gasteiger partial charge is 0.151 e. The summed E-state index contributed by atoms with van der Waals surface area (Å²) in [5.74, 6) is 0. The Morgan fingerprint density at radius 2 is 2.00 bits per heavy atom. The van der Waals surface area contributed by atoms with Crippen LogP contribution in [-0.4, -0.2) is 10.9 Å². The van der Waals surface area contributed by atoms with Crippen LogP contribution in [0.5, 0.6) is 0 Å². The summed E-state index contributed by atoms with van der Waals surface area (Å²) in [4.78, 5) is 11.1. The lowest BCUT2D eigenvalue weighted by atomic mass is 10.1. The molecule has 0 amide bonds. The molecular weight excluding hydrogens is 343 g/mol. The third-order valence-corrected chi connectivity index (χ3v) is 5.10. The normalized spacial score (nSPS) is 10.8. The third kappa shape index (κ3) is 2.69. The molecule has 0 saturated heterocycles. The first-order valence-corrected chi connectivity index (χ1v) is 8.13. The zero-order valence-corrected chi connectivity index (χ0v) is 14.7. The molecule has 3 aromatic rings. The number of halogens is 2. The van der Waals surface area contributed by atoms with Gasteiger partial charge in [0.15, 0.2) is 6.29 Å². The van der Waals surface area contributed by atoms with Crippen LogP contribution in [0.1, 0.15) is 32.7 Å². The minimum Gasteiger partial charge on any atom is -0.347 e. The number of hydrogen-bond acceptors (Lipinski definition) is 2. The van der Waals surface area contributed by atoms with Crippen molar-refractivity contribution in [2.75, 3.05) is 0 Å². The summed E-state index contributed by atoms with van der Waals surface area (Å²) in [6.45, 7) is 1.99. The quantitative estimate of drug-likeness (QED) is 0.615. The predicted molar refractivity (Wildman–Crippen MR) is 97.0 cm³/mol. The summed E-state index contributed by atoms with van der Waals surface area (Å²) in [5, 5.41) is 11.2. The van der Waals surface area contributed by atoms with Crippen LogP contribution in [0, 0.1) is 18.3 Å². The van der Waals surface area contributed by atoms with Gasteiger partial charge in [-0.2, -0.15) is 5.26 Å². The van der Waals surface area contributed by atoms with Gasteiger partial charge in [0.2, 0.25) is 0 Å². The molecule has 2 aromatic carbocycles. The van der Waals surface area contributed by atoms with Crippen LogP contribution in [0.25, 0.3) is 10.9 Å². The maximum absolute atomic E-state index is 11.1. The number of carbonyl (C=O) groups excluding carboxylic acids is 1. The van der Waals surface area contributed by atoms with E-state index in [1.54, 1.807) is 12.1 Å². The lowest BCUT2D eigenvalue weighted by Gasteiger charge is -2.10. The molecule has 0 fully saturated rings. The molecule has 0 saturated carbocycles. The number of benzene rings is 2. The molecule has 0 radical (unpaired) electrons. The van der Waals surface area contributed by atoms with Gasteiger partial charge in [-0.3, -0.25) is 4.79 Å². The maximum Gasteiger partial charge on any atom is 0.151 e. The van der Waals surface area contributed by atoms with Gasteiger partial charge in [-0.1, -0.05) is 23.2 Å². The fourth-order valence-corrected chi connectivity index (χ4v) is 3.50. The highest BCUT2D eigenvalue weighted by atomic mass is 35.5. The number of rotatable bonds is 3. The standard InChI is InChI=1S/C19H14Cl2N2O/c1-11-5-12(9-22)6-18-15(11)7-14(23(18)2)8-16-17(20)4-3-13(10-24)19(16)21/h3-7,10H,8H2,1-2H3. The van der Waals surface area contributed by atoms with Gasteiger partial charge in [-0.15, -0.1) is 0 Å². The van der Waals surface area contributed by atoms with Crippen molar-refractivity contribution < 1.29 is 4.79 Å².